The Labute approximate surface area is 200 Å². The molecule has 3 saturated carbocycles. The van der Waals surface area contributed by atoms with Gasteiger partial charge >= 0.3 is 11.7 Å². The Morgan fingerprint density at radius 2 is 1.97 bits per heavy atom. The fourth-order valence-corrected chi connectivity index (χ4v) is 8.20. The van der Waals surface area contributed by atoms with E-state index >= 15 is 0 Å². The van der Waals surface area contributed by atoms with Gasteiger partial charge in [-0.3, -0.25) is 0 Å². The van der Waals surface area contributed by atoms with Gasteiger partial charge in [-0.05, 0) is 92.2 Å². The Balaban J connectivity index is 1.37. The van der Waals surface area contributed by atoms with Crippen molar-refractivity contribution in [1.82, 2.24) is 5.32 Å². The second kappa shape index (κ2) is 8.52. The lowest BCUT2D eigenvalue weighted by Gasteiger charge is -2.61. The predicted octanol–water partition coefficient (Wildman–Crippen LogP) is 3.89. The molecule has 1 heterocycles. The van der Waals surface area contributed by atoms with Crippen LogP contribution in [-0.2, 0) is 4.74 Å². The fourth-order valence-electron chi connectivity index (χ4n) is 8.20. The van der Waals surface area contributed by atoms with E-state index in [1.165, 1.54) is 11.6 Å². The minimum absolute atomic E-state index is 0.0129. The first-order valence-electron chi connectivity index (χ1n) is 12.8. The molecule has 186 valence electrons. The van der Waals surface area contributed by atoms with Crippen LogP contribution in [0.3, 0.4) is 0 Å². The topological polar surface area (TPSA) is 109 Å². The molecule has 3 N–H and O–H groups in total. The van der Waals surface area contributed by atoms with Crippen molar-refractivity contribution in [3.05, 3.63) is 46.0 Å². The zero-order chi connectivity index (χ0) is 24.1. The monoisotopic (exact) mass is 471 g/mol. The Morgan fingerprint density at radius 1 is 1.15 bits per heavy atom. The third-order valence-corrected chi connectivity index (χ3v) is 10.0. The van der Waals surface area contributed by atoms with E-state index < -0.39 is 11.7 Å². The molecule has 1 amide bonds. The number of nitrogens with one attached hydrogen (secondary N) is 1. The van der Waals surface area contributed by atoms with Gasteiger partial charge in [-0.15, -0.1) is 0 Å². The van der Waals surface area contributed by atoms with Gasteiger partial charge in [0.1, 0.15) is 6.10 Å². The number of allylic oxidation sites excluding steroid dienone is 1. The van der Waals surface area contributed by atoms with Crippen LogP contribution in [0.15, 0.2) is 39.3 Å². The average molecular weight is 472 g/mol. The van der Waals surface area contributed by atoms with Crippen molar-refractivity contribution in [2.75, 3.05) is 13.2 Å². The highest BCUT2D eigenvalue weighted by atomic mass is 16.6. The molecule has 3 fully saturated rings. The standard InChI is InChI=1S/C27H37NO6/c1-25-10-7-19(34-24(31)28-13-14-29)15-18(25)4-5-22-21(25)8-11-26(2)20(9-12-27(22,26)32)17-3-6-23(30)33-16-17/h3,6,15-16,19-22,29,32H,4-5,7-14H2,1-2H3,(H,28,31)/t19-,20?,21?,22?,25-,26+,27-/m0/s1. The number of fused-ring (bicyclic) bond motifs is 5. The van der Waals surface area contributed by atoms with Crippen LogP contribution in [0.25, 0.3) is 0 Å². The van der Waals surface area contributed by atoms with Crippen LogP contribution >= 0.6 is 0 Å². The second-order valence-electron chi connectivity index (χ2n) is 11.4. The van der Waals surface area contributed by atoms with Crippen LogP contribution in [0.2, 0.25) is 0 Å². The molecule has 1 aromatic heterocycles. The fraction of sp³-hybridized carbons (Fsp3) is 0.704. The lowest BCUT2D eigenvalue weighted by Crippen LogP contribution is -2.60. The molecule has 4 aliphatic rings. The van der Waals surface area contributed by atoms with Gasteiger partial charge in [-0.1, -0.05) is 19.4 Å². The van der Waals surface area contributed by atoms with E-state index in [-0.39, 0.29) is 47.5 Å². The number of amides is 1. The quantitative estimate of drug-likeness (QED) is 0.575. The predicted molar refractivity (Wildman–Crippen MR) is 126 cm³/mol. The average Bonchev–Trinajstić information content (AvgIpc) is 3.10. The molecule has 0 aliphatic heterocycles. The summed E-state index contributed by atoms with van der Waals surface area (Å²) in [5, 5.41) is 23.8. The van der Waals surface area contributed by atoms with E-state index in [0.717, 1.165) is 56.9 Å². The minimum atomic E-state index is -0.733. The van der Waals surface area contributed by atoms with Gasteiger partial charge in [0.15, 0.2) is 0 Å². The number of hydrogen-bond acceptors (Lipinski definition) is 6. The lowest BCUT2D eigenvalue weighted by molar-refractivity contribution is -0.178. The van der Waals surface area contributed by atoms with E-state index in [1.54, 1.807) is 6.26 Å². The Kier molecular flexibility index (Phi) is 5.92. The summed E-state index contributed by atoms with van der Waals surface area (Å²) in [5.74, 6) is 0.829. The first-order chi connectivity index (χ1) is 16.2. The number of ether oxygens (including phenoxy) is 1. The van der Waals surface area contributed by atoms with Crippen LogP contribution < -0.4 is 10.9 Å². The number of hydrogen-bond donors (Lipinski definition) is 3. The highest BCUT2D eigenvalue weighted by Gasteiger charge is 2.66. The van der Waals surface area contributed by atoms with Crippen LogP contribution in [0.5, 0.6) is 0 Å². The molecule has 7 atom stereocenters. The number of rotatable bonds is 4. The number of carbonyl (C=O) groups is 1. The number of carbonyl (C=O) groups excluding carboxylic acids is 1. The van der Waals surface area contributed by atoms with Gasteiger partial charge in [0.05, 0.1) is 18.5 Å². The largest absolute Gasteiger partial charge is 0.442 e. The Hall–Kier alpha value is -2.12. The van der Waals surface area contributed by atoms with Crippen molar-refractivity contribution >= 4 is 6.09 Å². The molecule has 0 spiro atoms. The second-order valence-corrected chi connectivity index (χ2v) is 11.4. The maximum absolute atomic E-state index is 12.3. The number of alkyl carbamates (subject to hydrolysis) is 1. The molecule has 0 aromatic carbocycles. The summed E-state index contributed by atoms with van der Waals surface area (Å²) < 4.78 is 10.8. The third-order valence-electron chi connectivity index (χ3n) is 10.0. The van der Waals surface area contributed by atoms with Gasteiger partial charge in [-0.2, -0.15) is 0 Å². The van der Waals surface area contributed by atoms with Crippen LogP contribution in [-0.4, -0.2) is 41.2 Å². The molecule has 34 heavy (non-hydrogen) atoms. The van der Waals surface area contributed by atoms with Crippen molar-refractivity contribution in [3.8, 4) is 0 Å². The highest BCUT2D eigenvalue weighted by molar-refractivity contribution is 5.67. The van der Waals surface area contributed by atoms with Crippen LogP contribution in [0.4, 0.5) is 4.79 Å². The molecule has 7 heteroatoms. The van der Waals surface area contributed by atoms with E-state index in [4.69, 9.17) is 14.3 Å². The molecule has 0 radical (unpaired) electrons. The van der Waals surface area contributed by atoms with E-state index in [9.17, 15) is 14.7 Å². The smallest absolute Gasteiger partial charge is 0.407 e. The van der Waals surface area contributed by atoms with Gasteiger partial charge < -0.3 is 24.7 Å². The molecular weight excluding hydrogens is 434 g/mol. The molecule has 0 saturated heterocycles. The van der Waals surface area contributed by atoms with Crippen molar-refractivity contribution in [2.24, 2.45) is 22.7 Å². The zero-order valence-corrected chi connectivity index (χ0v) is 20.2. The molecule has 4 aliphatic carbocycles. The Morgan fingerprint density at radius 3 is 2.71 bits per heavy atom. The van der Waals surface area contributed by atoms with E-state index in [1.807, 2.05) is 6.07 Å². The summed E-state index contributed by atoms with van der Waals surface area (Å²) in [5.41, 5.74) is 1.09. The first-order valence-corrected chi connectivity index (χ1v) is 12.8. The maximum atomic E-state index is 12.3. The summed E-state index contributed by atoms with van der Waals surface area (Å²) in [6, 6.07) is 3.37. The molecule has 5 rings (SSSR count). The number of aliphatic hydroxyl groups is 2. The van der Waals surface area contributed by atoms with Gasteiger partial charge in [0.2, 0.25) is 0 Å². The zero-order valence-electron chi connectivity index (χ0n) is 20.2. The first kappa shape index (κ1) is 23.6. The van der Waals surface area contributed by atoms with Gasteiger partial charge in [-0.25, -0.2) is 9.59 Å². The molecular formula is C27H37NO6. The van der Waals surface area contributed by atoms with Crippen molar-refractivity contribution in [3.63, 3.8) is 0 Å². The van der Waals surface area contributed by atoms with Crippen molar-refractivity contribution in [2.45, 2.75) is 82.8 Å². The summed E-state index contributed by atoms with van der Waals surface area (Å²) >= 11 is 0. The van der Waals surface area contributed by atoms with Crippen molar-refractivity contribution < 1.29 is 24.2 Å². The maximum Gasteiger partial charge on any atom is 0.407 e. The summed E-state index contributed by atoms with van der Waals surface area (Å²) in [4.78, 5) is 23.5. The van der Waals surface area contributed by atoms with Crippen LogP contribution in [0.1, 0.15) is 76.7 Å². The van der Waals surface area contributed by atoms with Crippen LogP contribution in [0, 0.1) is 22.7 Å². The number of aliphatic hydroxyl groups excluding tert-OH is 1. The molecule has 0 bridgehead atoms. The summed E-state index contributed by atoms with van der Waals surface area (Å²) in [7, 11) is 0. The normalized spacial score (nSPS) is 41.0. The third kappa shape index (κ3) is 3.54. The minimum Gasteiger partial charge on any atom is -0.442 e. The lowest BCUT2D eigenvalue weighted by atomic mass is 9.45. The highest BCUT2D eigenvalue weighted by Crippen LogP contribution is 2.70. The van der Waals surface area contributed by atoms with E-state index in [2.05, 4.69) is 25.2 Å². The summed E-state index contributed by atoms with van der Waals surface area (Å²) in [6.45, 7) is 4.68. The van der Waals surface area contributed by atoms with Gasteiger partial charge in [0.25, 0.3) is 0 Å². The molecule has 3 unspecified atom stereocenters. The SMILES string of the molecule is C[C@]12CC[C@H](OC(=O)NCCO)C=C1CCC1C2CC[C@]2(C)C(c3ccc(=O)oc3)CC[C@]12O. The van der Waals surface area contributed by atoms with Crippen molar-refractivity contribution in [1.29, 1.82) is 0 Å². The van der Waals surface area contributed by atoms with Gasteiger partial charge in [0, 0.05) is 18.0 Å². The summed E-state index contributed by atoms with van der Waals surface area (Å²) in [6.07, 6.45) is 10.3. The van der Waals surface area contributed by atoms with E-state index in [0.29, 0.717) is 5.92 Å². The Bertz CT molecular complexity index is 1010. The molecule has 7 nitrogen and oxygen atoms in total. The molecule has 1 aromatic rings.